The summed E-state index contributed by atoms with van der Waals surface area (Å²) in [5, 5.41) is 36.2. The number of carbonyl (C=O) groups is 2. The quantitative estimate of drug-likeness (QED) is 0.00530. The second-order valence-corrected chi connectivity index (χ2v) is 36.8. The van der Waals surface area contributed by atoms with E-state index in [2.05, 4.69) is 257 Å². The molecule has 6 heterocycles. The zero-order chi connectivity index (χ0) is 103. The topological polar surface area (TPSA) is 338 Å². The number of hydrogen-bond acceptors (Lipinski definition) is 22. The summed E-state index contributed by atoms with van der Waals surface area (Å²) in [4.78, 5) is 76.8. The maximum absolute atomic E-state index is 14.4. The molecule has 0 aliphatic rings. The Kier molecular flexibility index (Phi) is 57.8. The molecule has 0 bridgehead atoms. The molecule has 37 heteroatoms. The molecule has 18 rings (SSSR count). The molecule has 22 nitrogen and oxygen atoms in total. The monoisotopic (exact) mass is 2170 g/mol. The number of nitrogens with zero attached hydrogens (tertiary/aromatic N) is 14. The number of halogens is 9. The van der Waals surface area contributed by atoms with Crippen molar-refractivity contribution in [3.05, 3.63) is 476 Å². The van der Waals surface area contributed by atoms with Crippen molar-refractivity contribution in [3.63, 3.8) is 0 Å². The molecule has 18 aromatic rings. The van der Waals surface area contributed by atoms with E-state index in [0.717, 1.165) is 56.2 Å². The fourth-order valence-electron chi connectivity index (χ4n) is 13.0. The van der Waals surface area contributed by atoms with E-state index in [1.807, 2.05) is 12.1 Å². The molecule has 0 saturated heterocycles. The van der Waals surface area contributed by atoms with Crippen LogP contribution in [-0.2, 0) is 28.9 Å². The van der Waals surface area contributed by atoms with Crippen molar-refractivity contribution < 1.29 is 98.0 Å². The van der Waals surface area contributed by atoms with Crippen LogP contribution in [0.1, 0.15) is 57.2 Å². The van der Waals surface area contributed by atoms with Gasteiger partial charge >= 0.3 is 71.7 Å². The molecule has 0 unspecified atom stereocenters. The number of hydrogen-bond donors (Lipinski definition) is 6. The van der Waals surface area contributed by atoms with Crippen molar-refractivity contribution >= 4 is 124 Å². The average molecular weight is 2170 g/mol. The van der Waals surface area contributed by atoms with Crippen molar-refractivity contribution in [3.8, 4) is 56.9 Å². The Morgan fingerprint density at radius 2 is 0.605 bits per heavy atom. The van der Waals surface area contributed by atoms with Gasteiger partial charge in [-0.3, -0.25) is 19.6 Å². The number of aldehydes is 2. The Balaban J connectivity index is 0.000000269. The maximum atomic E-state index is 14.4. The van der Waals surface area contributed by atoms with Gasteiger partial charge in [0.1, 0.15) is 47.5 Å². The molecule has 745 valence electrons. The minimum atomic E-state index is -1.84. The zero-order valence-electron chi connectivity index (χ0n) is 80.6. The molecule has 8 N–H and O–H groups in total. The first kappa shape index (κ1) is 121. The van der Waals surface area contributed by atoms with Gasteiger partial charge in [-0.25, -0.2) is 86.2 Å². The van der Waals surface area contributed by atoms with E-state index in [-0.39, 0.29) is 78.0 Å². The van der Waals surface area contributed by atoms with E-state index in [9.17, 15) is 35.9 Å². The van der Waals surface area contributed by atoms with Crippen molar-refractivity contribution in [2.75, 3.05) is 39.8 Å². The standard InChI is InChI=1S/C25H23F2N5.C24H18F2N6.2C18H15P.C11H7FN2O.C7H6BFO3.C4H3ClN2.C2H8N2.CH4O.B.2ClH.Na.Pd.H/c26-22-15-18(6-8-20(22)24-29-11-3-12-30-24)5-1-2-10-28-17-19-7-9-21(23(27)16-19)25-31-13-4-14-32-25;25-21-13-17(3-5-19(21)23-29-7-1-8-30-23)15-27-11-12-28-16-18-4-6-20(22(26)14-18)24-31-9-2-10-32-24;2*1-4-10-16(11-5-1)19(17-12-6-2-7-13-17)18-14-8-3-9-15-18;12-10-6-8(7-15)2-3-9(10)11-13-4-1-5-14-11;9-7-3-5(4-10)1-2-6(7)8(11)12;5-4-6-2-1-3-7-4;3-1-2-4;1-2;;;;;;/h3-4,6-9,11-16,28H,1-2,5,10,17H2;1-10,13-16H,11-12H2;2*1-15H;1-7H;1-4,11-12H;1-3H;1-4H2;2H,1H3;;2*1H;;;/q;;;;;;;;;;;;+1;+2;-1/p-2. The van der Waals surface area contributed by atoms with Crippen LogP contribution in [0.2, 0.25) is 5.28 Å². The van der Waals surface area contributed by atoms with E-state index >= 15 is 0 Å². The summed E-state index contributed by atoms with van der Waals surface area (Å²) >= 11 is 5.21. The minimum Gasteiger partial charge on any atom is -1.00 e. The number of unbranched alkanes of at least 4 members (excludes halogenated alkanes) is 1. The summed E-state index contributed by atoms with van der Waals surface area (Å²) in [5.41, 5.74) is 14.9. The van der Waals surface area contributed by atoms with Gasteiger partial charge in [0.25, 0.3) is 0 Å². The van der Waals surface area contributed by atoms with Gasteiger partial charge in [0, 0.05) is 139 Å². The molecular formula is C110H100B2Cl3F6N17NaO5P2Pd. The summed E-state index contributed by atoms with van der Waals surface area (Å²) in [5.74, 6) is -0.999. The van der Waals surface area contributed by atoms with E-state index in [0.29, 0.717) is 124 Å². The normalized spacial score (nSPS) is 10.2. The predicted octanol–water partition coefficient (Wildman–Crippen LogP) is 15.5. The molecule has 3 radical (unpaired) electrons. The van der Waals surface area contributed by atoms with Gasteiger partial charge in [0.05, 0.1) is 40.9 Å². The van der Waals surface area contributed by atoms with Crippen molar-refractivity contribution in [1.29, 1.82) is 0 Å². The Labute approximate surface area is 899 Å². The van der Waals surface area contributed by atoms with Crippen LogP contribution < -0.4 is 83.6 Å². The van der Waals surface area contributed by atoms with Crippen LogP contribution in [0, 0.1) is 34.9 Å². The smallest absolute Gasteiger partial charge is 1.00 e. The maximum Gasteiger partial charge on any atom is 1.00 e. The number of nitrogens with one attached hydrogen (secondary N) is 1. The summed E-state index contributed by atoms with van der Waals surface area (Å²) in [6, 6.07) is 102. The summed E-state index contributed by atoms with van der Waals surface area (Å²) in [6.07, 6.45) is 25.8. The molecule has 147 heavy (non-hydrogen) atoms. The number of benzene rings is 12. The summed E-state index contributed by atoms with van der Waals surface area (Å²) < 4.78 is 83.7. The second-order valence-electron chi connectivity index (χ2n) is 29.6. The number of aryl methyl sites for hydroxylation is 1. The van der Waals surface area contributed by atoms with Crippen LogP contribution in [-0.4, -0.2) is 155 Å². The molecular weight excluding hydrogens is 2070 g/mol. The van der Waals surface area contributed by atoms with Crippen LogP contribution in [0.5, 0.6) is 0 Å². The molecule has 0 saturated carbocycles. The van der Waals surface area contributed by atoms with E-state index in [4.69, 9.17) is 57.3 Å². The fraction of sp³-hybridized carbons (Fsp3) is 0.0909. The van der Waals surface area contributed by atoms with Crippen molar-refractivity contribution in [2.45, 2.75) is 25.8 Å². The molecule has 0 fully saturated rings. The number of aliphatic hydroxyl groups is 1. The molecule has 0 aliphatic heterocycles. The Morgan fingerprint density at radius 3 is 0.864 bits per heavy atom. The predicted molar refractivity (Wildman–Crippen MR) is 576 cm³/mol. The van der Waals surface area contributed by atoms with Gasteiger partial charge in [-0.05, 0) is 210 Å². The third-order valence-corrected chi connectivity index (χ3v) is 24.8. The van der Waals surface area contributed by atoms with Crippen molar-refractivity contribution in [1.82, 2.24) is 65.1 Å². The number of aromatic nitrogens is 12. The van der Waals surface area contributed by atoms with Gasteiger partial charge in [-0.1, -0.05) is 224 Å². The molecule has 6 aromatic heterocycles. The van der Waals surface area contributed by atoms with Crippen molar-refractivity contribution in [2.24, 2.45) is 21.5 Å². The number of rotatable bonds is 27. The van der Waals surface area contributed by atoms with Gasteiger partial charge in [0.15, 0.2) is 29.1 Å². The van der Waals surface area contributed by atoms with Crippen LogP contribution in [0.25, 0.3) is 56.9 Å². The van der Waals surface area contributed by atoms with Gasteiger partial charge in [0.2, 0.25) is 5.28 Å². The molecule has 12 aromatic carbocycles. The van der Waals surface area contributed by atoms with Crippen LogP contribution >= 0.6 is 46.5 Å². The molecule has 0 atom stereocenters. The van der Waals surface area contributed by atoms with Crippen LogP contribution in [0.15, 0.2) is 412 Å². The zero-order valence-corrected chi connectivity index (χ0v) is 87.2. The first-order valence-electron chi connectivity index (χ1n) is 44.6. The van der Waals surface area contributed by atoms with E-state index in [1.165, 1.54) is 86.7 Å². The number of nitrogens with two attached hydrogens (primary N) is 2. The summed E-state index contributed by atoms with van der Waals surface area (Å²) in [6.45, 7) is 3.40. The van der Waals surface area contributed by atoms with E-state index in [1.54, 1.807) is 153 Å². The Morgan fingerprint density at radius 1 is 0.354 bits per heavy atom. The number of carbonyl (C=O) groups excluding carboxylic acids is 2. The average Bonchev–Trinajstić information content (AvgIpc) is 0.811. The summed E-state index contributed by atoms with van der Waals surface area (Å²) in [7, 11) is 7.89. The fourth-order valence-corrected chi connectivity index (χ4v) is 17.8. The van der Waals surface area contributed by atoms with Gasteiger partial charge in [-0.2, -0.15) is 0 Å². The Bertz CT molecular complexity index is 6360. The van der Waals surface area contributed by atoms with Gasteiger partial charge in [-0.15, -0.1) is 0 Å². The first-order valence-corrected chi connectivity index (χ1v) is 51.7. The molecule has 0 aliphatic carbocycles. The third kappa shape index (κ3) is 42.2. The minimum absolute atomic E-state index is 0. The largest absolute Gasteiger partial charge is 1.00 e. The SMILES string of the molecule is CO.Clc1ncccn1.Fc1cc(C=NCCN=Cc2ccc(-c3ncccn3)c(F)c2)ccc1-c1ncccn1.Fc1cc(CCCCNCc2ccc(-c3ncccn3)c(F)c2)ccc1-c1ncccn1.NCCN.O=Cc1ccc(-c2ncccn2)c(F)c1.O=Cc1ccc(B(O)O)c(F)c1.[B].[Cl][Pd][Cl].[H-].[Na+].c1ccc(P(c2ccccc2)c2ccccc2)cc1.c1ccc(P(c2ccccc2)c2ccccc2)cc1. The Hall–Kier alpha value is -13.3. The number of aliphatic hydroxyl groups excluding tert-OH is 1. The van der Waals surface area contributed by atoms with Gasteiger partial charge < -0.3 is 33.4 Å². The van der Waals surface area contributed by atoms with Crippen LogP contribution in [0.3, 0.4) is 0 Å². The molecule has 0 amide bonds. The second kappa shape index (κ2) is 70.5. The van der Waals surface area contributed by atoms with E-state index < -0.39 is 46.2 Å². The van der Waals surface area contributed by atoms with Crippen LogP contribution in [0.4, 0.5) is 26.3 Å². The number of aliphatic imine (C=N–C) groups is 2. The molecule has 0 spiro atoms. The first-order chi connectivity index (χ1) is 71.0. The third-order valence-electron chi connectivity index (χ3n) is 19.7.